The number of aryl methyl sites for hydroxylation is 2. The van der Waals surface area contributed by atoms with Gasteiger partial charge in [-0.1, -0.05) is 0 Å². The van der Waals surface area contributed by atoms with Gasteiger partial charge in [-0.15, -0.1) is 0 Å². The van der Waals surface area contributed by atoms with E-state index in [1.54, 1.807) is 18.5 Å². The fraction of sp³-hybridized carbons (Fsp3) is 0.154. The van der Waals surface area contributed by atoms with Crippen LogP contribution >= 0.6 is 0 Å². The van der Waals surface area contributed by atoms with E-state index in [1.807, 2.05) is 24.6 Å². The normalized spacial score (nSPS) is 11.0. The first kappa shape index (κ1) is 10.7. The number of aromatic nitrogens is 4. The molecule has 0 aliphatic rings. The molecule has 90 valence electrons. The average molecular weight is 240 g/mol. The van der Waals surface area contributed by atoms with Crippen LogP contribution in [0.4, 0.5) is 0 Å². The molecular formula is C13H12N4O. The molecule has 0 radical (unpaired) electrons. The molecule has 3 heterocycles. The van der Waals surface area contributed by atoms with E-state index >= 15 is 0 Å². The first-order valence-electron chi connectivity index (χ1n) is 5.59. The van der Waals surface area contributed by atoms with Crippen LogP contribution in [0.25, 0.3) is 22.6 Å². The van der Waals surface area contributed by atoms with Gasteiger partial charge in [0.2, 0.25) is 0 Å². The Kier molecular flexibility index (Phi) is 2.26. The van der Waals surface area contributed by atoms with E-state index in [2.05, 4.69) is 15.0 Å². The largest absolute Gasteiger partial charge is 0.506 e. The minimum Gasteiger partial charge on any atom is -0.506 e. The highest BCUT2D eigenvalue weighted by molar-refractivity contribution is 5.78. The molecule has 3 aromatic rings. The van der Waals surface area contributed by atoms with Crippen molar-refractivity contribution in [3.63, 3.8) is 0 Å². The number of pyridine rings is 2. The van der Waals surface area contributed by atoms with Gasteiger partial charge in [0, 0.05) is 19.4 Å². The molecule has 0 bridgehead atoms. The predicted molar refractivity (Wildman–Crippen MR) is 68.1 cm³/mol. The highest BCUT2D eigenvalue weighted by Gasteiger charge is 2.13. The minimum atomic E-state index is 0.118. The molecule has 5 heteroatoms. The zero-order valence-corrected chi connectivity index (χ0v) is 10.1. The maximum absolute atomic E-state index is 9.83. The fourth-order valence-corrected chi connectivity index (χ4v) is 1.99. The van der Waals surface area contributed by atoms with Crippen molar-refractivity contribution in [1.29, 1.82) is 0 Å². The monoisotopic (exact) mass is 240 g/mol. The second-order valence-electron chi connectivity index (χ2n) is 4.24. The molecule has 18 heavy (non-hydrogen) atoms. The van der Waals surface area contributed by atoms with Crippen LogP contribution in [-0.2, 0) is 7.05 Å². The fourth-order valence-electron chi connectivity index (χ4n) is 1.99. The Morgan fingerprint density at radius 2 is 2.11 bits per heavy atom. The highest BCUT2D eigenvalue weighted by Crippen LogP contribution is 2.28. The number of hydrogen-bond acceptors (Lipinski definition) is 4. The van der Waals surface area contributed by atoms with E-state index in [9.17, 15) is 5.11 Å². The number of hydrogen-bond donors (Lipinski definition) is 1. The molecule has 0 spiro atoms. The summed E-state index contributed by atoms with van der Waals surface area (Å²) in [6.07, 6.45) is 4.85. The van der Waals surface area contributed by atoms with Gasteiger partial charge in [-0.05, 0) is 24.6 Å². The van der Waals surface area contributed by atoms with Gasteiger partial charge in [0.1, 0.15) is 17.1 Å². The summed E-state index contributed by atoms with van der Waals surface area (Å²) < 4.78 is 1.86. The van der Waals surface area contributed by atoms with Gasteiger partial charge in [0.05, 0.1) is 11.8 Å². The van der Waals surface area contributed by atoms with E-state index in [-0.39, 0.29) is 5.75 Å². The third kappa shape index (κ3) is 1.52. The van der Waals surface area contributed by atoms with Crippen molar-refractivity contribution in [2.75, 3.05) is 0 Å². The molecule has 0 aliphatic heterocycles. The van der Waals surface area contributed by atoms with Crippen LogP contribution in [-0.4, -0.2) is 24.6 Å². The summed E-state index contributed by atoms with van der Waals surface area (Å²) in [6.45, 7) is 1.98. The van der Waals surface area contributed by atoms with Crippen molar-refractivity contribution in [1.82, 2.24) is 19.5 Å². The van der Waals surface area contributed by atoms with Gasteiger partial charge in [0.25, 0.3) is 0 Å². The van der Waals surface area contributed by atoms with Gasteiger partial charge >= 0.3 is 0 Å². The van der Waals surface area contributed by atoms with Gasteiger partial charge in [-0.2, -0.15) is 0 Å². The number of rotatable bonds is 1. The molecule has 3 aromatic heterocycles. The third-order valence-corrected chi connectivity index (χ3v) is 2.89. The van der Waals surface area contributed by atoms with Crippen LogP contribution in [0.3, 0.4) is 0 Å². The lowest BCUT2D eigenvalue weighted by Crippen LogP contribution is -1.94. The van der Waals surface area contributed by atoms with Crippen LogP contribution in [0.1, 0.15) is 5.56 Å². The standard InChI is InChI=1S/C13H12N4O/c1-8-5-10-13(15-6-8)17(2)12(16-10)9-3-4-14-7-11(9)18/h3-7,18H,1-2H3. The Bertz CT molecular complexity index is 733. The van der Waals surface area contributed by atoms with Crippen molar-refractivity contribution >= 4 is 11.2 Å². The number of aromatic hydroxyl groups is 1. The summed E-state index contributed by atoms with van der Waals surface area (Å²) >= 11 is 0. The molecule has 0 amide bonds. The Morgan fingerprint density at radius 1 is 1.28 bits per heavy atom. The van der Waals surface area contributed by atoms with E-state index in [0.29, 0.717) is 11.4 Å². The SMILES string of the molecule is Cc1cnc2c(c1)nc(-c1ccncc1O)n2C. The first-order chi connectivity index (χ1) is 8.66. The number of nitrogens with zero attached hydrogens (tertiary/aromatic N) is 4. The molecule has 0 aromatic carbocycles. The molecule has 0 fully saturated rings. The lowest BCUT2D eigenvalue weighted by atomic mass is 10.2. The Balaban J connectivity index is 2.31. The molecule has 1 N–H and O–H groups in total. The molecular weight excluding hydrogens is 228 g/mol. The second-order valence-corrected chi connectivity index (χ2v) is 4.24. The second kappa shape index (κ2) is 3.80. The quantitative estimate of drug-likeness (QED) is 0.707. The van der Waals surface area contributed by atoms with E-state index in [0.717, 1.165) is 16.7 Å². The zero-order chi connectivity index (χ0) is 12.7. The van der Waals surface area contributed by atoms with Crippen LogP contribution < -0.4 is 0 Å². The van der Waals surface area contributed by atoms with Crippen LogP contribution in [0.2, 0.25) is 0 Å². The average Bonchev–Trinajstić information content (AvgIpc) is 2.67. The lowest BCUT2D eigenvalue weighted by Gasteiger charge is -2.03. The van der Waals surface area contributed by atoms with Crippen molar-refractivity contribution in [3.8, 4) is 17.1 Å². The summed E-state index contributed by atoms with van der Waals surface area (Å²) in [5.74, 6) is 0.802. The molecule has 0 saturated heterocycles. The molecule has 0 atom stereocenters. The Hall–Kier alpha value is -2.43. The molecule has 0 aliphatic carbocycles. The van der Waals surface area contributed by atoms with E-state index in [4.69, 9.17) is 0 Å². The lowest BCUT2D eigenvalue weighted by molar-refractivity contribution is 0.474. The molecule has 3 rings (SSSR count). The summed E-state index contributed by atoms with van der Waals surface area (Å²) in [5.41, 5.74) is 3.34. The van der Waals surface area contributed by atoms with E-state index in [1.165, 1.54) is 6.20 Å². The smallest absolute Gasteiger partial charge is 0.160 e. The van der Waals surface area contributed by atoms with Crippen molar-refractivity contribution < 1.29 is 5.11 Å². The molecule has 5 nitrogen and oxygen atoms in total. The Morgan fingerprint density at radius 3 is 2.89 bits per heavy atom. The summed E-state index contributed by atoms with van der Waals surface area (Å²) in [6, 6.07) is 3.72. The third-order valence-electron chi connectivity index (χ3n) is 2.89. The van der Waals surface area contributed by atoms with Gasteiger partial charge in [-0.3, -0.25) is 4.98 Å². The summed E-state index contributed by atoms with van der Waals surface area (Å²) in [5, 5.41) is 9.83. The van der Waals surface area contributed by atoms with Gasteiger partial charge in [-0.25, -0.2) is 9.97 Å². The van der Waals surface area contributed by atoms with Crippen molar-refractivity contribution in [2.24, 2.45) is 7.05 Å². The van der Waals surface area contributed by atoms with Crippen LogP contribution in [0, 0.1) is 6.92 Å². The highest BCUT2D eigenvalue weighted by atomic mass is 16.3. The minimum absolute atomic E-state index is 0.118. The number of imidazole rings is 1. The van der Waals surface area contributed by atoms with Crippen LogP contribution in [0.5, 0.6) is 5.75 Å². The van der Waals surface area contributed by atoms with Crippen LogP contribution in [0.15, 0.2) is 30.7 Å². The topological polar surface area (TPSA) is 63.8 Å². The zero-order valence-electron chi connectivity index (χ0n) is 10.1. The van der Waals surface area contributed by atoms with Gasteiger partial charge < -0.3 is 9.67 Å². The maximum Gasteiger partial charge on any atom is 0.160 e. The van der Waals surface area contributed by atoms with Crippen molar-refractivity contribution in [2.45, 2.75) is 6.92 Å². The Labute approximate surface area is 104 Å². The van der Waals surface area contributed by atoms with E-state index < -0.39 is 0 Å². The molecule has 0 unspecified atom stereocenters. The first-order valence-corrected chi connectivity index (χ1v) is 5.59. The maximum atomic E-state index is 9.83. The predicted octanol–water partition coefficient (Wildman–Crippen LogP) is 2.04. The summed E-state index contributed by atoms with van der Waals surface area (Å²) in [7, 11) is 1.88. The molecule has 0 saturated carbocycles. The van der Waals surface area contributed by atoms with Crippen molar-refractivity contribution in [3.05, 3.63) is 36.3 Å². The van der Waals surface area contributed by atoms with Gasteiger partial charge in [0.15, 0.2) is 5.65 Å². The summed E-state index contributed by atoms with van der Waals surface area (Å²) in [4.78, 5) is 12.7. The number of fused-ring (bicyclic) bond motifs is 1.